The molecular formula is C16H22Cl2N2. The molecular weight excluding hydrogens is 291 g/mol. The van der Waals surface area contributed by atoms with Gasteiger partial charge in [0.1, 0.15) is 0 Å². The minimum absolute atomic E-state index is 0.515. The molecule has 3 unspecified atom stereocenters. The van der Waals surface area contributed by atoms with Crippen molar-refractivity contribution in [3.05, 3.63) is 28.2 Å². The van der Waals surface area contributed by atoms with E-state index in [0.717, 1.165) is 15.7 Å². The summed E-state index contributed by atoms with van der Waals surface area (Å²) in [5, 5.41) is 8.84. The van der Waals surface area contributed by atoms with Crippen molar-refractivity contribution in [1.29, 1.82) is 0 Å². The number of rotatable bonds is 3. The highest BCUT2D eigenvalue weighted by Crippen LogP contribution is 2.35. The molecule has 3 rings (SSSR count). The third-order valence-corrected chi connectivity index (χ3v) is 5.27. The highest BCUT2D eigenvalue weighted by molar-refractivity contribution is 6.35. The summed E-state index contributed by atoms with van der Waals surface area (Å²) >= 11 is 12.3. The van der Waals surface area contributed by atoms with Crippen molar-refractivity contribution in [1.82, 2.24) is 5.32 Å². The number of hydrogen-bond donors (Lipinski definition) is 2. The van der Waals surface area contributed by atoms with Crippen LogP contribution in [0.3, 0.4) is 0 Å². The highest BCUT2D eigenvalue weighted by atomic mass is 35.5. The molecule has 0 aromatic heterocycles. The maximum atomic E-state index is 6.27. The highest BCUT2D eigenvalue weighted by Gasteiger charge is 2.34. The summed E-state index contributed by atoms with van der Waals surface area (Å²) in [6.45, 7) is 1.17. The zero-order valence-electron chi connectivity index (χ0n) is 11.7. The van der Waals surface area contributed by atoms with Gasteiger partial charge < -0.3 is 10.6 Å². The fraction of sp³-hybridized carbons (Fsp3) is 0.625. The van der Waals surface area contributed by atoms with E-state index in [-0.39, 0.29) is 0 Å². The first-order chi connectivity index (χ1) is 9.74. The third kappa shape index (κ3) is 3.24. The van der Waals surface area contributed by atoms with Crippen LogP contribution >= 0.6 is 23.2 Å². The van der Waals surface area contributed by atoms with Gasteiger partial charge in [0.2, 0.25) is 0 Å². The van der Waals surface area contributed by atoms with Gasteiger partial charge in [-0.25, -0.2) is 0 Å². The Morgan fingerprint density at radius 2 is 1.95 bits per heavy atom. The number of nitrogens with one attached hydrogen (secondary N) is 2. The fourth-order valence-electron chi connectivity index (χ4n) is 3.70. The summed E-state index contributed by atoms with van der Waals surface area (Å²) < 4.78 is 0. The number of hydrogen-bond acceptors (Lipinski definition) is 2. The average molecular weight is 313 g/mol. The Hall–Kier alpha value is -0.440. The van der Waals surface area contributed by atoms with Gasteiger partial charge in [0, 0.05) is 17.1 Å². The molecule has 1 saturated carbocycles. The van der Waals surface area contributed by atoms with E-state index in [0.29, 0.717) is 18.0 Å². The van der Waals surface area contributed by atoms with Gasteiger partial charge in [-0.3, -0.25) is 0 Å². The molecule has 2 aliphatic rings. The predicted octanol–water partition coefficient (Wildman–Crippen LogP) is 4.72. The Bertz CT molecular complexity index is 458. The summed E-state index contributed by atoms with van der Waals surface area (Å²) in [5.41, 5.74) is 0.979. The molecule has 20 heavy (non-hydrogen) atoms. The van der Waals surface area contributed by atoms with E-state index in [2.05, 4.69) is 10.6 Å². The molecule has 0 bridgehead atoms. The lowest BCUT2D eigenvalue weighted by atomic mass is 9.88. The predicted molar refractivity (Wildman–Crippen MR) is 86.9 cm³/mol. The second-order valence-electron chi connectivity index (χ2n) is 6.03. The van der Waals surface area contributed by atoms with Gasteiger partial charge in [0.25, 0.3) is 0 Å². The van der Waals surface area contributed by atoms with Crippen molar-refractivity contribution in [2.75, 3.05) is 11.9 Å². The fourth-order valence-corrected chi connectivity index (χ4v) is 4.05. The number of halogens is 2. The van der Waals surface area contributed by atoms with Gasteiger partial charge in [-0.1, -0.05) is 36.0 Å². The van der Waals surface area contributed by atoms with E-state index in [9.17, 15) is 0 Å². The summed E-state index contributed by atoms with van der Waals surface area (Å²) in [5.74, 6) is 0.713. The molecule has 4 heteroatoms. The molecule has 0 amide bonds. The van der Waals surface area contributed by atoms with E-state index in [1.165, 1.54) is 45.1 Å². The summed E-state index contributed by atoms with van der Waals surface area (Å²) in [7, 11) is 0. The molecule has 110 valence electrons. The van der Waals surface area contributed by atoms with Crippen LogP contribution < -0.4 is 10.6 Å². The largest absolute Gasteiger partial charge is 0.381 e. The molecule has 1 aliphatic carbocycles. The first-order valence-electron chi connectivity index (χ1n) is 7.69. The van der Waals surface area contributed by atoms with Gasteiger partial charge in [-0.05, 0) is 56.3 Å². The number of piperidine rings is 1. The van der Waals surface area contributed by atoms with Gasteiger partial charge in [-0.15, -0.1) is 0 Å². The topological polar surface area (TPSA) is 24.1 Å². The molecule has 1 heterocycles. The van der Waals surface area contributed by atoms with E-state index in [4.69, 9.17) is 23.2 Å². The quantitative estimate of drug-likeness (QED) is 0.844. The Morgan fingerprint density at radius 3 is 2.75 bits per heavy atom. The minimum atomic E-state index is 0.515. The maximum absolute atomic E-state index is 6.27. The lowest BCUT2D eigenvalue weighted by molar-refractivity contribution is 0.286. The van der Waals surface area contributed by atoms with Crippen LogP contribution in [0.25, 0.3) is 0 Å². The van der Waals surface area contributed by atoms with E-state index in [1.54, 1.807) is 0 Å². The average Bonchev–Trinajstić information content (AvgIpc) is 2.92. The molecule has 1 aromatic rings. The summed E-state index contributed by atoms with van der Waals surface area (Å²) in [4.78, 5) is 0. The standard InChI is InChI=1S/C16H22Cl2N2/c17-11-7-8-13(18)16(10-11)20-15-6-3-4-12(15)14-5-1-2-9-19-14/h7-8,10,12,14-15,19-20H,1-6,9H2. The molecule has 0 radical (unpaired) electrons. The molecule has 1 aliphatic heterocycles. The van der Waals surface area contributed by atoms with Crippen LogP contribution in [-0.2, 0) is 0 Å². The maximum Gasteiger partial charge on any atom is 0.0638 e. The Labute approximate surface area is 131 Å². The van der Waals surface area contributed by atoms with Crippen LogP contribution in [0.1, 0.15) is 38.5 Å². The molecule has 2 nitrogen and oxygen atoms in total. The summed E-state index contributed by atoms with van der Waals surface area (Å²) in [6, 6.07) is 6.83. The lowest BCUT2D eigenvalue weighted by Gasteiger charge is -2.33. The van der Waals surface area contributed by atoms with Crippen molar-refractivity contribution in [2.45, 2.75) is 50.6 Å². The Balaban J connectivity index is 1.70. The van der Waals surface area contributed by atoms with Crippen molar-refractivity contribution in [3.63, 3.8) is 0 Å². The minimum Gasteiger partial charge on any atom is -0.381 e. The smallest absolute Gasteiger partial charge is 0.0638 e. The molecule has 1 aromatic carbocycles. The van der Waals surface area contributed by atoms with Gasteiger partial charge in [0.05, 0.1) is 10.7 Å². The molecule has 2 N–H and O–H groups in total. The zero-order valence-corrected chi connectivity index (χ0v) is 13.2. The van der Waals surface area contributed by atoms with Crippen molar-refractivity contribution in [2.24, 2.45) is 5.92 Å². The molecule has 0 spiro atoms. The SMILES string of the molecule is Clc1ccc(Cl)c(NC2CCCC2C2CCCCN2)c1. The van der Waals surface area contributed by atoms with Crippen LogP contribution in [0, 0.1) is 5.92 Å². The van der Waals surface area contributed by atoms with Crippen LogP contribution in [-0.4, -0.2) is 18.6 Å². The summed E-state index contributed by atoms with van der Waals surface area (Å²) in [6.07, 6.45) is 7.84. The molecule has 1 saturated heterocycles. The van der Waals surface area contributed by atoms with Gasteiger partial charge >= 0.3 is 0 Å². The van der Waals surface area contributed by atoms with Crippen molar-refractivity contribution in [3.8, 4) is 0 Å². The first-order valence-corrected chi connectivity index (χ1v) is 8.44. The number of benzene rings is 1. The van der Waals surface area contributed by atoms with Gasteiger partial charge in [0.15, 0.2) is 0 Å². The van der Waals surface area contributed by atoms with Crippen LogP contribution in [0.2, 0.25) is 10.0 Å². The van der Waals surface area contributed by atoms with Crippen molar-refractivity contribution >= 4 is 28.9 Å². The second kappa shape index (κ2) is 6.55. The number of anilines is 1. The van der Waals surface area contributed by atoms with Crippen LogP contribution in [0.4, 0.5) is 5.69 Å². The Kier molecular flexibility index (Phi) is 4.75. The lowest BCUT2D eigenvalue weighted by Crippen LogP contribution is -2.44. The third-order valence-electron chi connectivity index (χ3n) is 4.70. The monoisotopic (exact) mass is 312 g/mol. The van der Waals surface area contributed by atoms with Crippen molar-refractivity contribution < 1.29 is 0 Å². The molecule has 2 fully saturated rings. The van der Waals surface area contributed by atoms with E-state index < -0.39 is 0 Å². The van der Waals surface area contributed by atoms with E-state index >= 15 is 0 Å². The normalized spacial score (nSPS) is 30.4. The zero-order chi connectivity index (χ0) is 13.9. The Morgan fingerprint density at radius 1 is 1.05 bits per heavy atom. The second-order valence-corrected chi connectivity index (χ2v) is 6.87. The first kappa shape index (κ1) is 14.5. The van der Waals surface area contributed by atoms with E-state index in [1.807, 2.05) is 18.2 Å². The van der Waals surface area contributed by atoms with Crippen LogP contribution in [0.5, 0.6) is 0 Å². The molecule has 3 atom stereocenters. The van der Waals surface area contributed by atoms with Crippen LogP contribution in [0.15, 0.2) is 18.2 Å². The van der Waals surface area contributed by atoms with Gasteiger partial charge in [-0.2, -0.15) is 0 Å².